The van der Waals surface area contributed by atoms with Gasteiger partial charge in [-0.25, -0.2) is 5.06 Å². The number of hydrogen-bond donors (Lipinski definition) is 0. The molecule has 0 saturated heterocycles. The van der Waals surface area contributed by atoms with Crippen LogP contribution in [0.5, 0.6) is 0 Å². The fourth-order valence-corrected chi connectivity index (χ4v) is 2.18. The number of fused-ring (bicyclic) bond motifs is 1. The Morgan fingerprint density at radius 2 is 1.82 bits per heavy atom. The quantitative estimate of drug-likeness (QED) is 0.796. The molecular formula is C13H12BrNO2. The predicted molar refractivity (Wildman–Crippen MR) is 70.8 cm³/mol. The van der Waals surface area contributed by atoms with Gasteiger partial charge in [0.15, 0.2) is 0 Å². The smallest absolute Gasteiger partial charge is 0.274 e. The Morgan fingerprint density at radius 1 is 1.18 bits per heavy atom. The zero-order chi connectivity index (χ0) is 12.4. The SMILES string of the molecule is CON(C)C(=O)c1ccc(Br)c2ccccc12. The van der Waals surface area contributed by atoms with Crippen LogP contribution < -0.4 is 0 Å². The van der Waals surface area contributed by atoms with Crippen LogP contribution in [-0.4, -0.2) is 25.1 Å². The lowest BCUT2D eigenvalue weighted by Gasteiger charge is -2.15. The molecular weight excluding hydrogens is 282 g/mol. The molecule has 0 aliphatic heterocycles. The van der Waals surface area contributed by atoms with Crippen molar-refractivity contribution in [1.29, 1.82) is 0 Å². The maximum absolute atomic E-state index is 12.1. The first-order valence-corrected chi connectivity index (χ1v) is 5.94. The van der Waals surface area contributed by atoms with E-state index in [9.17, 15) is 4.79 Å². The first-order valence-electron chi connectivity index (χ1n) is 5.14. The van der Waals surface area contributed by atoms with Gasteiger partial charge < -0.3 is 0 Å². The zero-order valence-corrected chi connectivity index (χ0v) is 11.2. The number of benzene rings is 2. The van der Waals surface area contributed by atoms with E-state index in [-0.39, 0.29) is 5.91 Å². The molecule has 0 N–H and O–H groups in total. The van der Waals surface area contributed by atoms with E-state index in [1.807, 2.05) is 30.3 Å². The molecule has 0 radical (unpaired) electrons. The minimum Gasteiger partial charge on any atom is -0.274 e. The van der Waals surface area contributed by atoms with Crippen LogP contribution in [0.15, 0.2) is 40.9 Å². The molecule has 0 fully saturated rings. The number of hydrogen-bond acceptors (Lipinski definition) is 2. The third-order valence-electron chi connectivity index (χ3n) is 2.66. The zero-order valence-electron chi connectivity index (χ0n) is 9.61. The normalized spacial score (nSPS) is 10.5. The van der Waals surface area contributed by atoms with E-state index in [2.05, 4.69) is 15.9 Å². The van der Waals surface area contributed by atoms with Gasteiger partial charge >= 0.3 is 0 Å². The lowest BCUT2D eigenvalue weighted by Crippen LogP contribution is -2.25. The largest absolute Gasteiger partial charge is 0.277 e. The second-order valence-electron chi connectivity index (χ2n) is 3.63. The average molecular weight is 294 g/mol. The lowest BCUT2D eigenvalue weighted by molar-refractivity contribution is -0.0755. The standard InChI is InChI=1S/C13H12BrNO2/c1-15(17-2)13(16)11-7-8-12(14)10-6-4-3-5-9(10)11/h3-8H,1-2H3. The van der Waals surface area contributed by atoms with Crippen molar-refractivity contribution in [2.24, 2.45) is 0 Å². The van der Waals surface area contributed by atoms with Crippen molar-refractivity contribution < 1.29 is 9.63 Å². The number of rotatable bonds is 2. The van der Waals surface area contributed by atoms with Gasteiger partial charge in [0.1, 0.15) is 0 Å². The number of carbonyl (C=O) groups excluding carboxylic acids is 1. The van der Waals surface area contributed by atoms with E-state index in [0.717, 1.165) is 15.2 Å². The average Bonchev–Trinajstić information content (AvgIpc) is 2.38. The summed E-state index contributed by atoms with van der Waals surface area (Å²) in [5.41, 5.74) is 0.633. The maximum Gasteiger partial charge on any atom is 0.277 e. The van der Waals surface area contributed by atoms with Crippen molar-refractivity contribution in [3.63, 3.8) is 0 Å². The Kier molecular flexibility index (Phi) is 3.45. The number of nitrogens with zero attached hydrogens (tertiary/aromatic N) is 1. The summed E-state index contributed by atoms with van der Waals surface area (Å²) in [4.78, 5) is 17.0. The van der Waals surface area contributed by atoms with E-state index in [4.69, 9.17) is 4.84 Å². The second-order valence-corrected chi connectivity index (χ2v) is 4.48. The highest BCUT2D eigenvalue weighted by molar-refractivity contribution is 9.10. The highest BCUT2D eigenvalue weighted by atomic mass is 79.9. The van der Waals surface area contributed by atoms with Crippen molar-refractivity contribution in [3.8, 4) is 0 Å². The van der Waals surface area contributed by atoms with Gasteiger partial charge in [-0.15, -0.1) is 0 Å². The van der Waals surface area contributed by atoms with Crippen molar-refractivity contribution in [2.75, 3.05) is 14.2 Å². The number of hydroxylamine groups is 2. The van der Waals surface area contributed by atoms with Crippen LogP contribution in [-0.2, 0) is 4.84 Å². The Labute approximate surface area is 108 Å². The minimum absolute atomic E-state index is 0.156. The summed E-state index contributed by atoms with van der Waals surface area (Å²) < 4.78 is 0.977. The van der Waals surface area contributed by atoms with Crippen LogP contribution in [0.1, 0.15) is 10.4 Å². The monoisotopic (exact) mass is 293 g/mol. The van der Waals surface area contributed by atoms with Crippen LogP contribution in [0, 0.1) is 0 Å². The Morgan fingerprint density at radius 3 is 2.47 bits per heavy atom. The topological polar surface area (TPSA) is 29.5 Å². The van der Waals surface area contributed by atoms with Gasteiger partial charge in [-0.1, -0.05) is 40.2 Å². The molecule has 0 saturated carbocycles. The second kappa shape index (κ2) is 4.85. The van der Waals surface area contributed by atoms with E-state index in [0.29, 0.717) is 5.56 Å². The van der Waals surface area contributed by atoms with Gasteiger partial charge in [0.2, 0.25) is 0 Å². The molecule has 2 aromatic carbocycles. The molecule has 17 heavy (non-hydrogen) atoms. The molecule has 0 spiro atoms. The third kappa shape index (κ3) is 2.18. The van der Waals surface area contributed by atoms with Gasteiger partial charge in [0.25, 0.3) is 5.91 Å². The van der Waals surface area contributed by atoms with Crippen LogP contribution in [0.2, 0.25) is 0 Å². The summed E-state index contributed by atoms with van der Waals surface area (Å²) >= 11 is 3.48. The first-order chi connectivity index (χ1) is 8.15. The summed E-state index contributed by atoms with van der Waals surface area (Å²) in [6.07, 6.45) is 0. The van der Waals surface area contributed by atoms with Crippen molar-refractivity contribution >= 4 is 32.6 Å². The molecule has 0 bridgehead atoms. The van der Waals surface area contributed by atoms with Crippen LogP contribution >= 0.6 is 15.9 Å². The van der Waals surface area contributed by atoms with Crippen molar-refractivity contribution in [3.05, 3.63) is 46.4 Å². The molecule has 2 aromatic rings. The number of halogens is 1. The van der Waals surface area contributed by atoms with Crippen LogP contribution in [0.3, 0.4) is 0 Å². The van der Waals surface area contributed by atoms with E-state index in [1.165, 1.54) is 12.2 Å². The minimum atomic E-state index is -0.156. The summed E-state index contributed by atoms with van der Waals surface area (Å²) in [6.45, 7) is 0. The van der Waals surface area contributed by atoms with Crippen molar-refractivity contribution in [2.45, 2.75) is 0 Å². The van der Waals surface area contributed by atoms with Gasteiger partial charge in [-0.3, -0.25) is 9.63 Å². The van der Waals surface area contributed by atoms with Crippen molar-refractivity contribution in [1.82, 2.24) is 5.06 Å². The molecule has 2 rings (SSSR count). The molecule has 0 aliphatic carbocycles. The Hall–Kier alpha value is -1.39. The predicted octanol–water partition coefficient (Wildman–Crippen LogP) is 3.24. The molecule has 0 aromatic heterocycles. The Balaban J connectivity index is 2.63. The van der Waals surface area contributed by atoms with Crippen LogP contribution in [0.25, 0.3) is 10.8 Å². The lowest BCUT2D eigenvalue weighted by atomic mass is 10.0. The van der Waals surface area contributed by atoms with E-state index < -0.39 is 0 Å². The molecule has 4 heteroatoms. The fraction of sp³-hybridized carbons (Fsp3) is 0.154. The number of amides is 1. The molecule has 0 heterocycles. The van der Waals surface area contributed by atoms with Gasteiger partial charge in [-0.05, 0) is 22.9 Å². The Bertz CT molecular complexity index is 568. The summed E-state index contributed by atoms with van der Waals surface area (Å²) in [5.74, 6) is -0.156. The highest BCUT2D eigenvalue weighted by Crippen LogP contribution is 2.27. The molecule has 88 valence electrons. The maximum atomic E-state index is 12.1. The van der Waals surface area contributed by atoms with Gasteiger partial charge in [0.05, 0.1) is 7.11 Å². The third-order valence-corrected chi connectivity index (χ3v) is 3.35. The van der Waals surface area contributed by atoms with Gasteiger partial charge in [-0.2, -0.15) is 0 Å². The number of carbonyl (C=O) groups is 1. The summed E-state index contributed by atoms with van der Waals surface area (Å²) in [7, 11) is 3.07. The molecule has 0 atom stereocenters. The fourth-order valence-electron chi connectivity index (χ4n) is 1.70. The van der Waals surface area contributed by atoms with Gasteiger partial charge in [0, 0.05) is 17.1 Å². The molecule has 0 aliphatic rings. The molecule has 1 amide bonds. The molecule has 0 unspecified atom stereocenters. The van der Waals surface area contributed by atoms with E-state index >= 15 is 0 Å². The highest BCUT2D eigenvalue weighted by Gasteiger charge is 2.15. The first kappa shape index (κ1) is 12.1. The summed E-state index contributed by atoms with van der Waals surface area (Å²) in [5, 5.41) is 3.15. The van der Waals surface area contributed by atoms with E-state index in [1.54, 1.807) is 13.1 Å². The summed E-state index contributed by atoms with van der Waals surface area (Å²) in [6, 6.07) is 11.4. The van der Waals surface area contributed by atoms with Crippen LogP contribution in [0.4, 0.5) is 0 Å². The molecule has 3 nitrogen and oxygen atoms in total.